The molecule has 58 valence electrons. The first-order chi connectivity index (χ1) is 4.86. The lowest BCUT2D eigenvalue weighted by Crippen LogP contribution is -2.44. The lowest BCUT2D eigenvalue weighted by molar-refractivity contribution is 0.0351. The number of nitrogens with zero attached hydrogens (tertiary/aromatic N) is 1. The van der Waals surface area contributed by atoms with Gasteiger partial charge in [-0.2, -0.15) is 0 Å². The highest BCUT2D eigenvalue weighted by Gasteiger charge is 2.32. The number of fused-ring (bicyclic) bond motifs is 1. The minimum absolute atomic E-state index is 0.528. The summed E-state index contributed by atoms with van der Waals surface area (Å²) in [6.07, 6.45) is 2.86. The second-order valence-corrected chi connectivity index (χ2v) is 3.24. The van der Waals surface area contributed by atoms with Gasteiger partial charge in [0.25, 0.3) is 0 Å². The summed E-state index contributed by atoms with van der Waals surface area (Å²) in [6.45, 7) is 2.98. The lowest BCUT2D eigenvalue weighted by atomic mass is 9.95. The largest absolute Gasteiger partial charge is 0.378 e. The molecule has 0 aromatic carbocycles. The quantitative estimate of drug-likeness (QED) is 0.483. The highest BCUT2D eigenvalue weighted by molar-refractivity contribution is 4.82. The van der Waals surface area contributed by atoms with Gasteiger partial charge in [0, 0.05) is 25.6 Å². The number of hydrazine groups is 1. The molecule has 10 heavy (non-hydrogen) atoms. The van der Waals surface area contributed by atoms with Crippen LogP contribution in [-0.4, -0.2) is 30.8 Å². The van der Waals surface area contributed by atoms with Gasteiger partial charge in [-0.25, -0.2) is 5.01 Å². The summed E-state index contributed by atoms with van der Waals surface area (Å²) in [5.74, 6) is 6.39. The second kappa shape index (κ2) is 2.49. The monoisotopic (exact) mass is 142 g/mol. The van der Waals surface area contributed by atoms with Crippen LogP contribution in [0.25, 0.3) is 0 Å². The fourth-order valence-electron chi connectivity index (χ4n) is 1.91. The molecule has 0 radical (unpaired) electrons. The number of ether oxygens (including phenoxy) is 1. The fourth-order valence-corrected chi connectivity index (χ4v) is 1.91. The Morgan fingerprint density at radius 2 is 2.30 bits per heavy atom. The van der Waals surface area contributed by atoms with E-state index in [1.807, 2.05) is 5.01 Å². The smallest absolute Gasteiger partial charge is 0.0629 e. The third-order valence-electron chi connectivity index (χ3n) is 2.52. The molecular weight excluding hydrogens is 128 g/mol. The van der Waals surface area contributed by atoms with Gasteiger partial charge in [0.2, 0.25) is 0 Å². The predicted octanol–water partition coefficient (Wildman–Crippen LogP) is -0.0291. The molecule has 2 atom stereocenters. The van der Waals surface area contributed by atoms with Crippen molar-refractivity contribution in [2.75, 3.05) is 19.7 Å². The lowest BCUT2D eigenvalue weighted by Gasteiger charge is -2.30. The minimum Gasteiger partial charge on any atom is -0.378 e. The third kappa shape index (κ3) is 1.05. The molecule has 2 aliphatic heterocycles. The molecule has 2 N–H and O–H groups in total. The molecule has 3 heteroatoms. The van der Waals surface area contributed by atoms with E-state index in [-0.39, 0.29) is 0 Å². The number of hydrogen-bond donors (Lipinski definition) is 1. The van der Waals surface area contributed by atoms with Gasteiger partial charge in [0.05, 0.1) is 6.10 Å². The van der Waals surface area contributed by atoms with Crippen LogP contribution in [0.1, 0.15) is 12.8 Å². The van der Waals surface area contributed by atoms with Gasteiger partial charge in [0.1, 0.15) is 0 Å². The normalized spacial score (nSPS) is 41.7. The van der Waals surface area contributed by atoms with Crippen molar-refractivity contribution in [1.29, 1.82) is 0 Å². The fraction of sp³-hybridized carbons (Fsp3) is 1.00. The standard InChI is InChI=1S/C7H14N2O/c8-9-3-1-7-6(5-9)2-4-10-7/h6-7H,1-5,8H2. The topological polar surface area (TPSA) is 38.5 Å². The van der Waals surface area contributed by atoms with E-state index in [1.165, 1.54) is 6.42 Å². The Hall–Kier alpha value is -0.120. The summed E-state index contributed by atoms with van der Waals surface area (Å²) in [6, 6.07) is 0. The van der Waals surface area contributed by atoms with Gasteiger partial charge in [-0.1, -0.05) is 0 Å². The van der Waals surface area contributed by atoms with Gasteiger partial charge < -0.3 is 4.74 Å². The maximum Gasteiger partial charge on any atom is 0.0629 e. The zero-order chi connectivity index (χ0) is 6.97. The van der Waals surface area contributed by atoms with Crippen LogP contribution in [0.5, 0.6) is 0 Å². The van der Waals surface area contributed by atoms with Gasteiger partial charge >= 0.3 is 0 Å². The molecule has 0 amide bonds. The van der Waals surface area contributed by atoms with E-state index in [9.17, 15) is 0 Å². The number of nitrogens with two attached hydrogens (primary N) is 1. The number of piperidine rings is 1. The SMILES string of the molecule is NN1CCC2OCCC2C1. The van der Waals surface area contributed by atoms with Crippen molar-refractivity contribution in [1.82, 2.24) is 5.01 Å². The van der Waals surface area contributed by atoms with E-state index in [0.29, 0.717) is 6.10 Å². The predicted molar refractivity (Wildman–Crippen MR) is 38.2 cm³/mol. The summed E-state index contributed by atoms with van der Waals surface area (Å²) in [5.41, 5.74) is 0. The van der Waals surface area contributed by atoms with Crippen LogP contribution in [0.3, 0.4) is 0 Å². The van der Waals surface area contributed by atoms with Crippen LogP contribution < -0.4 is 5.84 Å². The number of rotatable bonds is 0. The zero-order valence-corrected chi connectivity index (χ0v) is 6.12. The Morgan fingerprint density at radius 1 is 1.40 bits per heavy atom. The summed E-state index contributed by atoms with van der Waals surface area (Å²) in [4.78, 5) is 0. The summed E-state index contributed by atoms with van der Waals surface area (Å²) < 4.78 is 5.52. The summed E-state index contributed by atoms with van der Waals surface area (Å²) >= 11 is 0. The molecule has 0 bridgehead atoms. The van der Waals surface area contributed by atoms with Crippen molar-refractivity contribution in [3.8, 4) is 0 Å². The molecule has 3 nitrogen and oxygen atoms in total. The van der Waals surface area contributed by atoms with E-state index in [4.69, 9.17) is 10.6 Å². The Balaban J connectivity index is 1.96. The average molecular weight is 142 g/mol. The number of hydrogen-bond acceptors (Lipinski definition) is 3. The van der Waals surface area contributed by atoms with Crippen LogP contribution in [0, 0.1) is 5.92 Å². The molecule has 2 rings (SSSR count). The van der Waals surface area contributed by atoms with Gasteiger partial charge in [0.15, 0.2) is 0 Å². The van der Waals surface area contributed by atoms with Crippen molar-refractivity contribution in [3.05, 3.63) is 0 Å². The van der Waals surface area contributed by atoms with Crippen molar-refractivity contribution >= 4 is 0 Å². The van der Waals surface area contributed by atoms with Crippen LogP contribution in [0.2, 0.25) is 0 Å². The maximum atomic E-state index is 5.67. The first kappa shape index (κ1) is 6.58. The Bertz CT molecular complexity index is 129. The average Bonchev–Trinajstić information content (AvgIpc) is 2.33. The maximum absolute atomic E-state index is 5.67. The molecule has 2 saturated heterocycles. The van der Waals surface area contributed by atoms with Crippen molar-refractivity contribution < 1.29 is 4.74 Å². The Labute approximate surface area is 61.1 Å². The molecule has 0 aromatic heterocycles. The molecule has 2 aliphatic rings. The highest BCUT2D eigenvalue weighted by atomic mass is 16.5. The highest BCUT2D eigenvalue weighted by Crippen LogP contribution is 2.27. The first-order valence-corrected chi connectivity index (χ1v) is 3.97. The van der Waals surface area contributed by atoms with Crippen molar-refractivity contribution in [3.63, 3.8) is 0 Å². The van der Waals surface area contributed by atoms with Gasteiger partial charge in [-0.15, -0.1) is 0 Å². The second-order valence-electron chi connectivity index (χ2n) is 3.24. The summed E-state index contributed by atoms with van der Waals surface area (Å²) in [7, 11) is 0. The third-order valence-corrected chi connectivity index (χ3v) is 2.52. The van der Waals surface area contributed by atoms with E-state index < -0.39 is 0 Å². The van der Waals surface area contributed by atoms with Crippen LogP contribution in [0.15, 0.2) is 0 Å². The molecular formula is C7H14N2O. The van der Waals surface area contributed by atoms with E-state index >= 15 is 0 Å². The van der Waals surface area contributed by atoms with Crippen LogP contribution in [-0.2, 0) is 4.74 Å². The molecule has 0 aliphatic carbocycles. The van der Waals surface area contributed by atoms with Gasteiger partial charge in [-0.3, -0.25) is 5.84 Å². The molecule has 0 spiro atoms. The Kier molecular flexibility index (Phi) is 1.64. The summed E-state index contributed by atoms with van der Waals surface area (Å²) in [5, 5.41) is 1.91. The van der Waals surface area contributed by atoms with Crippen molar-refractivity contribution in [2.24, 2.45) is 11.8 Å². The van der Waals surface area contributed by atoms with Crippen LogP contribution >= 0.6 is 0 Å². The minimum atomic E-state index is 0.528. The van der Waals surface area contributed by atoms with E-state index in [0.717, 1.165) is 32.0 Å². The van der Waals surface area contributed by atoms with E-state index in [1.54, 1.807) is 0 Å². The molecule has 2 heterocycles. The molecule has 0 saturated carbocycles. The van der Waals surface area contributed by atoms with Crippen LogP contribution in [0.4, 0.5) is 0 Å². The molecule has 2 unspecified atom stereocenters. The molecule has 2 fully saturated rings. The van der Waals surface area contributed by atoms with E-state index in [2.05, 4.69) is 0 Å². The van der Waals surface area contributed by atoms with Crippen molar-refractivity contribution in [2.45, 2.75) is 18.9 Å². The van der Waals surface area contributed by atoms with Gasteiger partial charge in [-0.05, 0) is 12.8 Å². The molecule has 0 aromatic rings. The Morgan fingerprint density at radius 3 is 3.20 bits per heavy atom. The zero-order valence-electron chi connectivity index (χ0n) is 6.12. The first-order valence-electron chi connectivity index (χ1n) is 3.97.